The second-order valence-corrected chi connectivity index (χ2v) is 3.22. The number of hydrogen-bond acceptors (Lipinski definition) is 4. The number of thioether (sulfide) groups is 1. The lowest BCUT2D eigenvalue weighted by atomic mass is 10.5. The first-order valence-electron chi connectivity index (χ1n) is 3.68. The molecular formula is C8H7N3OS. The van der Waals surface area contributed by atoms with Gasteiger partial charge in [-0.2, -0.15) is 0 Å². The quantitative estimate of drug-likeness (QED) is 0.683. The van der Waals surface area contributed by atoms with Crippen LogP contribution in [0.1, 0.15) is 10.5 Å². The molecular weight excluding hydrogens is 186 g/mol. The minimum Gasteiger partial charge on any atom is -0.293 e. The van der Waals surface area contributed by atoms with Crippen LogP contribution in [-0.2, 0) is 0 Å². The van der Waals surface area contributed by atoms with E-state index in [4.69, 9.17) is 0 Å². The van der Waals surface area contributed by atoms with Gasteiger partial charge in [0.05, 0.1) is 12.4 Å². The maximum absolute atomic E-state index is 11.4. The van der Waals surface area contributed by atoms with E-state index >= 15 is 0 Å². The zero-order valence-electron chi connectivity index (χ0n) is 6.97. The Morgan fingerprint density at radius 2 is 2.38 bits per heavy atom. The molecule has 0 N–H and O–H groups in total. The van der Waals surface area contributed by atoms with Gasteiger partial charge in [0, 0.05) is 12.4 Å². The van der Waals surface area contributed by atoms with Crippen molar-refractivity contribution < 1.29 is 4.79 Å². The van der Waals surface area contributed by atoms with Crippen molar-refractivity contribution in [3.05, 3.63) is 30.5 Å². The summed E-state index contributed by atoms with van der Waals surface area (Å²) in [4.78, 5) is 19.3. The molecule has 0 atom stereocenters. The standard InChI is InChI=1S/C8H7N3OS/c1-13-8(12)6-4-10-7-5-9-2-3-11(6)7/h2-5H,1H3. The predicted molar refractivity (Wildman–Crippen MR) is 50.8 cm³/mol. The molecule has 5 heteroatoms. The van der Waals surface area contributed by atoms with E-state index < -0.39 is 0 Å². The lowest BCUT2D eigenvalue weighted by Crippen LogP contribution is -1.97. The molecule has 0 saturated heterocycles. The van der Waals surface area contributed by atoms with Crippen molar-refractivity contribution in [1.29, 1.82) is 0 Å². The van der Waals surface area contributed by atoms with Crippen molar-refractivity contribution >= 4 is 22.5 Å². The molecule has 2 rings (SSSR count). The summed E-state index contributed by atoms with van der Waals surface area (Å²) in [5.74, 6) is 0. The maximum atomic E-state index is 11.4. The van der Waals surface area contributed by atoms with E-state index in [0.29, 0.717) is 11.3 Å². The first kappa shape index (κ1) is 8.25. The van der Waals surface area contributed by atoms with Gasteiger partial charge in [0.2, 0.25) is 5.12 Å². The summed E-state index contributed by atoms with van der Waals surface area (Å²) >= 11 is 1.18. The van der Waals surface area contributed by atoms with Crippen molar-refractivity contribution in [2.24, 2.45) is 0 Å². The van der Waals surface area contributed by atoms with E-state index in [1.165, 1.54) is 11.8 Å². The predicted octanol–water partition coefficient (Wildman–Crippen LogP) is 1.23. The third-order valence-electron chi connectivity index (χ3n) is 1.71. The Labute approximate surface area is 79.0 Å². The molecule has 0 radical (unpaired) electrons. The van der Waals surface area contributed by atoms with E-state index in [2.05, 4.69) is 9.97 Å². The monoisotopic (exact) mass is 193 g/mol. The minimum absolute atomic E-state index is 0.0127. The fourth-order valence-electron chi connectivity index (χ4n) is 1.10. The van der Waals surface area contributed by atoms with E-state index in [-0.39, 0.29) is 5.12 Å². The van der Waals surface area contributed by atoms with Crippen LogP contribution in [0, 0.1) is 0 Å². The zero-order chi connectivity index (χ0) is 9.26. The lowest BCUT2D eigenvalue weighted by Gasteiger charge is -1.95. The Bertz CT molecular complexity index is 451. The summed E-state index contributed by atoms with van der Waals surface area (Å²) in [6.45, 7) is 0. The first-order valence-corrected chi connectivity index (χ1v) is 4.91. The fraction of sp³-hybridized carbons (Fsp3) is 0.125. The summed E-state index contributed by atoms with van der Waals surface area (Å²) in [5.41, 5.74) is 1.28. The van der Waals surface area contributed by atoms with Gasteiger partial charge in [-0.1, -0.05) is 11.8 Å². The second-order valence-electron chi connectivity index (χ2n) is 2.44. The van der Waals surface area contributed by atoms with Crippen LogP contribution in [0.4, 0.5) is 0 Å². The summed E-state index contributed by atoms with van der Waals surface area (Å²) in [7, 11) is 0. The molecule has 0 aromatic carbocycles. The van der Waals surface area contributed by atoms with Crippen LogP contribution in [0.3, 0.4) is 0 Å². The molecule has 0 spiro atoms. The number of carbonyl (C=O) groups is 1. The number of hydrogen-bond donors (Lipinski definition) is 0. The van der Waals surface area contributed by atoms with Crippen molar-refractivity contribution in [2.75, 3.05) is 6.26 Å². The van der Waals surface area contributed by atoms with Crippen LogP contribution < -0.4 is 0 Å². The summed E-state index contributed by atoms with van der Waals surface area (Å²) in [5, 5.41) is 0.0127. The van der Waals surface area contributed by atoms with Gasteiger partial charge in [-0.05, 0) is 6.26 Å². The number of rotatable bonds is 1. The number of fused-ring (bicyclic) bond motifs is 1. The van der Waals surface area contributed by atoms with Gasteiger partial charge in [0.25, 0.3) is 0 Å². The van der Waals surface area contributed by atoms with Gasteiger partial charge >= 0.3 is 0 Å². The molecule has 0 unspecified atom stereocenters. The summed E-state index contributed by atoms with van der Waals surface area (Å²) in [6, 6.07) is 0. The molecule has 0 fully saturated rings. The lowest BCUT2D eigenvalue weighted by molar-refractivity contribution is 0.108. The molecule has 0 bridgehead atoms. The normalized spacial score (nSPS) is 10.5. The smallest absolute Gasteiger partial charge is 0.237 e. The Balaban J connectivity index is 2.64. The van der Waals surface area contributed by atoms with Crippen LogP contribution in [-0.4, -0.2) is 25.7 Å². The van der Waals surface area contributed by atoms with Gasteiger partial charge in [0.15, 0.2) is 5.65 Å². The molecule has 13 heavy (non-hydrogen) atoms. The highest BCUT2D eigenvalue weighted by atomic mass is 32.2. The Hall–Kier alpha value is -1.36. The fourth-order valence-corrected chi connectivity index (χ4v) is 1.46. The van der Waals surface area contributed by atoms with Crippen LogP contribution in [0.15, 0.2) is 24.8 Å². The number of nitrogens with zero attached hydrogens (tertiary/aromatic N) is 3. The van der Waals surface area contributed by atoms with E-state index in [1.807, 2.05) is 0 Å². The SMILES string of the molecule is CSC(=O)c1cnc2cnccn12. The van der Waals surface area contributed by atoms with Gasteiger partial charge in [-0.3, -0.25) is 14.2 Å². The Morgan fingerprint density at radius 1 is 1.54 bits per heavy atom. The zero-order valence-corrected chi connectivity index (χ0v) is 7.78. The highest BCUT2D eigenvalue weighted by Crippen LogP contribution is 2.10. The van der Waals surface area contributed by atoms with Gasteiger partial charge in [-0.15, -0.1) is 0 Å². The van der Waals surface area contributed by atoms with Crippen LogP contribution in [0.2, 0.25) is 0 Å². The topological polar surface area (TPSA) is 47.3 Å². The largest absolute Gasteiger partial charge is 0.293 e. The van der Waals surface area contributed by atoms with Crippen molar-refractivity contribution in [3.8, 4) is 0 Å². The molecule has 66 valence electrons. The van der Waals surface area contributed by atoms with Crippen molar-refractivity contribution in [2.45, 2.75) is 0 Å². The molecule has 0 amide bonds. The van der Waals surface area contributed by atoms with Crippen molar-refractivity contribution in [1.82, 2.24) is 14.4 Å². The van der Waals surface area contributed by atoms with Crippen LogP contribution >= 0.6 is 11.8 Å². The average Bonchev–Trinajstić information content (AvgIpc) is 2.60. The molecule has 0 aliphatic carbocycles. The van der Waals surface area contributed by atoms with Gasteiger partial charge in [0.1, 0.15) is 5.69 Å². The molecule has 2 aromatic heterocycles. The second kappa shape index (κ2) is 3.18. The van der Waals surface area contributed by atoms with E-state index in [9.17, 15) is 4.79 Å². The average molecular weight is 193 g/mol. The summed E-state index contributed by atoms with van der Waals surface area (Å²) in [6.07, 6.45) is 8.30. The third-order valence-corrected chi connectivity index (χ3v) is 2.29. The highest BCUT2D eigenvalue weighted by Gasteiger charge is 2.09. The molecule has 0 saturated carbocycles. The Morgan fingerprint density at radius 3 is 3.15 bits per heavy atom. The first-order chi connectivity index (χ1) is 6.33. The van der Waals surface area contributed by atoms with E-state index in [1.54, 1.807) is 35.4 Å². The highest BCUT2D eigenvalue weighted by molar-refractivity contribution is 8.13. The molecule has 0 aliphatic rings. The van der Waals surface area contributed by atoms with Crippen molar-refractivity contribution in [3.63, 3.8) is 0 Å². The number of aromatic nitrogens is 3. The van der Waals surface area contributed by atoms with Gasteiger partial charge in [-0.25, -0.2) is 4.98 Å². The van der Waals surface area contributed by atoms with Crippen LogP contribution in [0.5, 0.6) is 0 Å². The molecule has 2 aromatic rings. The Kier molecular flexibility index (Phi) is 2.02. The maximum Gasteiger partial charge on any atom is 0.237 e. The van der Waals surface area contributed by atoms with Crippen LogP contribution in [0.25, 0.3) is 5.65 Å². The third kappa shape index (κ3) is 1.31. The molecule has 0 aliphatic heterocycles. The molecule has 4 nitrogen and oxygen atoms in total. The number of imidazole rings is 1. The number of carbonyl (C=O) groups excluding carboxylic acids is 1. The van der Waals surface area contributed by atoms with Gasteiger partial charge < -0.3 is 0 Å². The molecule has 2 heterocycles. The summed E-state index contributed by atoms with van der Waals surface area (Å²) < 4.78 is 1.73. The minimum atomic E-state index is 0.0127. The van der Waals surface area contributed by atoms with E-state index in [0.717, 1.165) is 0 Å².